The normalized spacial score (nSPS) is 23.6. The van der Waals surface area contributed by atoms with Crippen LogP contribution in [0.25, 0.3) is 0 Å². The zero-order valence-electron chi connectivity index (χ0n) is 10.7. The van der Waals surface area contributed by atoms with Gasteiger partial charge in [0.05, 0.1) is 6.07 Å². The molecule has 0 atom stereocenters. The summed E-state index contributed by atoms with van der Waals surface area (Å²) in [6.07, 6.45) is 3.79. The molecule has 0 aromatic heterocycles. The lowest BCUT2D eigenvalue weighted by Gasteiger charge is -2.54. The highest BCUT2D eigenvalue weighted by atomic mass is 32.2. The molecule has 1 aliphatic heterocycles. The Morgan fingerprint density at radius 2 is 1.89 bits per heavy atom. The molecule has 1 spiro atoms. The van der Waals surface area contributed by atoms with Gasteiger partial charge in [0.1, 0.15) is 10.6 Å². The summed E-state index contributed by atoms with van der Waals surface area (Å²) in [7, 11) is 0. The summed E-state index contributed by atoms with van der Waals surface area (Å²) in [5.74, 6) is -0.227. The average molecular weight is 277 g/mol. The summed E-state index contributed by atoms with van der Waals surface area (Å²) in [6, 6.07) is 9.13. The third kappa shape index (κ3) is 2.37. The molecule has 0 bridgehead atoms. The molecule has 2 nitrogen and oxygen atoms in total. The van der Waals surface area contributed by atoms with Gasteiger partial charge < -0.3 is 4.74 Å². The summed E-state index contributed by atoms with van der Waals surface area (Å²) in [4.78, 5) is 0.589. The van der Waals surface area contributed by atoms with E-state index in [0.717, 1.165) is 38.9 Å². The van der Waals surface area contributed by atoms with Crippen LogP contribution in [0.4, 0.5) is 4.39 Å². The van der Waals surface area contributed by atoms with Gasteiger partial charge in [-0.1, -0.05) is 12.1 Å². The van der Waals surface area contributed by atoms with Crippen LogP contribution in [0.1, 0.15) is 25.7 Å². The summed E-state index contributed by atoms with van der Waals surface area (Å²) in [5, 5.41) is 9.48. The Hall–Kier alpha value is -1.05. The molecule has 4 heteroatoms. The maximum absolute atomic E-state index is 13.7. The lowest BCUT2D eigenvalue weighted by molar-refractivity contribution is -0.0364. The average Bonchev–Trinajstić information content (AvgIpc) is 2.40. The molecule has 100 valence electrons. The first-order valence-electron chi connectivity index (χ1n) is 6.60. The highest BCUT2D eigenvalue weighted by Gasteiger charge is 2.56. The molecule has 1 aliphatic carbocycles. The van der Waals surface area contributed by atoms with Crippen molar-refractivity contribution in [2.45, 2.75) is 35.3 Å². The maximum atomic E-state index is 13.7. The molecule has 1 aromatic carbocycles. The van der Waals surface area contributed by atoms with E-state index in [-0.39, 0.29) is 11.2 Å². The van der Waals surface area contributed by atoms with E-state index in [1.165, 1.54) is 17.8 Å². The van der Waals surface area contributed by atoms with E-state index in [1.54, 1.807) is 12.1 Å². The number of rotatable bonds is 2. The quantitative estimate of drug-likeness (QED) is 0.825. The largest absolute Gasteiger partial charge is 0.381 e. The van der Waals surface area contributed by atoms with Crippen molar-refractivity contribution in [2.24, 2.45) is 5.41 Å². The summed E-state index contributed by atoms with van der Waals surface area (Å²) >= 11 is 1.40. The lowest BCUT2D eigenvalue weighted by atomic mass is 9.58. The molecule has 0 amide bonds. The predicted molar refractivity (Wildman–Crippen MR) is 72.3 cm³/mol. The number of thioether (sulfide) groups is 1. The Morgan fingerprint density at radius 1 is 1.21 bits per heavy atom. The first kappa shape index (κ1) is 13.0. The number of benzene rings is 1. The molecule has 2 aliphatic rings. The molecule has 1 saturated heterocycles. The fourth-order valence-electron chi connectivity index (χ4n) is 3.23. The van der Waals surface area contributed by atoms with E-state index in [1.807, 2.05) is 6.07 Å². The SMILES string of the molecule is N#CC1(Sc2ccccc2F)CC2(CCOCC2)C1. The number of nitrogens with zero attached hydrogens (tertiary/aromatic N) is 1. The van der Waals surface area contributed by atoms with Gasteiger partial charge in [-0.25, -0.2) is 4.39 Å². The fraction of sp³-hybridized carbons (Fsp3) is 0.533. The monoisotopic (exact) mass is 277 g/mol. The third-order valence-corrected chi connectivity index (χ3v) is 5.54. The maximum Gasteiger partial charge on any atom is 0.136 e. The Balaban J connectivity index is 1.73. The molecule has 1 saturated carbocycles. The van der Waals surface area contributed by atoms with Crippen LogP contribution in [0.5, 0.6) is 0 Å². The third-order valence-electron chi connectivity index (χ3n) is 4.22. The van der Waals surface area contributed by atoms with Crippen LogP contribution >= 0.6 is 11.8 Å². The van der Waals surface area contributed by atoms with E-state index in [2.05, 4.69) is 6.07 Å². The van der Waals surface area contributed by atoms with Gasteiger partial charge in [0.2, 0.25) is 0 Å². The number of ether oxygens (including phenoxy) is 1. The number of nitriles is 1. The Kier molecular flexibility index (Phi) is 3.28. The minimum absolute atomic E-state index is 0.227. The highest BCUT2D eigenvalue weighted by Crippen LogP contribution is 2.61. The van der Waals surface area contributed by atoms with Crippen LogP contribution in [0, 0.1) is 22.6 Å². The zero-order valence-corrected chi connectivity index (χ0v) is 11.5. The molecule has 3 rings (SSSR count). The predicted octanol–water partition coefficient (Wildman–Crippen LogP) is 3.77. The van der Waals surface area contributed by atoms with Crippen LogP contribution < -0.4 is 0 Å². The molecule has 0 radical (unpaired) electrons. The molecule has 0 N–H and O–H groups in total. The van der Waals surface area contributed by atoms with E-state index < -0.39 is 4.75 Å². The molecule has 1 heterocycles. The molecular weight excluding hydrogens is 261 g/mol. The van der Waals surface area contributed by atoms with Gasteiger partial charge in [-0.05, 0) is 43.2 Å². The van der Waals surface area contributed by atoms with Gasteiger partial charge in [-0.2, -0.15) is 5.26 Å². The number of hydrogen-bond donors (Lipinski definition) is 0. The second-order valence-electron chi connectivity index (χ2n) is 5.60. The van der Waals surface area contributed by atoms with Crippen LogP contribution in [0.15, 0.2) is 29.2 Å². The van der Waals surface area contributed by atoms with Crippen molar-refractivity contribution in [3.05, 3.63) is 30.1 Å². The van der Waals surface area contributed by atoms with Crippen molar-refractivity contribution < 1.29 is 9.13 Å². The second kappa shape index (κ2) is 4.81. The topological polar surface area (TPSA) is 33.0 Å². The van der Waals surface area contributed by atoms with Crippen LogP contribution in [0.3, 0.4) is 0 Å². The highest BCUT2D eigenvalue weighted by molar-refractivity contribution is 8.01. The molecule has 19 heavy (non-hydrogen) atoms. The first-order chi connectivity index (χ1) is 9.17. The van der Waals surface area contributed by atoms with Gasteiger partial charge in [0, 0.05) is 18.1 Å². The van der Waals surface area contributed by atoms with Gasteiger partial charge in [0.15, 0.2) is 0 Å². The van der Waals surface area contributed by atoms with Crippen molar-refractivity contribution >= 4 is 11.8 Å². The zero-order chi connectivity index (χ0) is 13.3. The van der Waals surface area contributed by atoms with Crippen molar-refractivity contribution in [1.29, 1.82) is 5.26 Å². The summed E-state index contributed by atoms with van der Waals surface area (Å²) in [6.45, 7) is 1.59. The van der Waals surface area contributed by atoms with E-state index in [0.29, 0.717) is 4.90 Å². The minimum Gasteiger partial charge on any atom is -0.381 e. The van der Waals surface area contributed by atoms with Crippen molar-refractivity contribution in [3.63, 3.8) is 0 Å². The van der Waals surface area contributed by atoms with Crippen molar-refractivity contribution in [1.82, 2.24) is 0 Å². The van der Waals surface area contributed by atoms with Crippen molar-refractivity contribution in [2.75, 3.05) is 13.2 Å². The number of hydrogen-bond acceptors (Lipinski definition) is 3. The van der Waals surface area contributed by atoms with Gasteiger partial charge >= 0.3 is 0 Å². The minimum atomic E-state index is -0.445. The van der Waals surface area contributed by atoms with Gasteiger partial charge in [-0.15, -0.1) is 11.8 Å². The number of halogens is 1. The Morgan fingerprint density at radius 3 is 2.53 bits per heavy atom. The van der Waals surface area contributed by atoms with Crippen molar-refractivity contribution in [3.8, 4) is 6.07 Å². The van der Waals surface area contributed by atoms with Gasteiger partial charge in [0.25, 0.3) is 0 Å². The molecule has 2 fully saturated rings. The van der Waals surface area contributed by atoms with Crippen LogP contribution in [-0.4, -0.2) is 18.0 Å². The Labute approximate surface area is 116 Å². The lowest BCUT2D eigenvalue weighted by Crippen LogP contribution is -2.51. The van der Waals surface area contributed by atoms with Gasteiger partial charge in [-0.3, -0.25) is 0 Å². The standard InChI is InChI=1S/C15H16FNOS/c16-12-3-1-2-4-13(12)19-15(11-17)9-14(10-15)5-7-18-8-6-14/h1-4H,5-10H2. The smallest absolute Gasteiger partial charge is 0.136 e. The second-order valence-corrected chi connectivity index (χ2v) is 7.03. The Bertz CT molecular complexity index is 511. The molecule has 0 unspecified atom stereocenters. The van der Waals surface area contributed by atoms with Crippen LogP contribution in [-0.2, 0) is 4.74 Å². The molecular formula is C15H16FNOS. The van der Waals surface area contributed by atoms with Crippen LogP contribution in [0.2, 0.25) is 0 Å². The first-order valence-corrected chi connectivity index (χ1v) is 7.41. The summed E-state index contributed by atoms with van der Waals surface area (Å²) < 4.78 is 18.6. The fourth-order valence-corrected chi connectivity index (χ4v) is 4.77. The van der Waals surface area contributed by atoms with E-state index in [9.17, 15) is 9.65 Å². The van der Waals surface area contributed by atoms with E-state index in [4.69, 9.17) is 4.74 Å². The summed E-state index contributed by atoms with van der Waals surface area (Å²) in [5.41, 5.74) is 0.270. The molecule has 1 aromatic rings. The van der Waals surface area contributed by atoms with E-state index >= 15 is 0 Å².